The highest BCUT2D eigenvalue weighted by molar-refractivity contribution is 7.89. The minimum Gasteiger partial charge on any atom is -0.383 e. The largest absolute Gasteiger partial charge is 0.383 e. The van der Waals surface area contributed by atoms with E-state index in [1.807, 2.05) is 0 Å². The Hall–Kier alpha value is -0.690. The van der Waals surface area contributed by atoms with E-state index < -0.39 is 21.9 Å². The molecule has 7 heteroatoms. The van der Waals surface area contributed by atoms with Crippen LogP contribution in [-0.4, -0.2) is 34.1 Å². The predicted octanol–water partition coefficient (Wildman–Crippen LogP) is 1.67. The van der Waals surface area contributed by atoms with E-state index in [-0.39, 0.29) is 17.4 Å². The van der Waals surface area contributed by atoms with Crippen molar-refractivity contribution in [3.05, 3.63) is 29.6 Å². The second-order valence-electron chi connectivity index (χ2n) is 3.84. The van der Waals surface area contributed by atoms with Crippen LogP contribution in [0.4, 0.5) is 4.39 Å². The third kappa shape index (κ3) is 3.91. The summed E-state index contributed by atoms with van der Waals surface area (Å²) in [5.41, 5.74) is 0.341. The molecule has 0 radical (unpaired) electrons. The molecular formula is C11H15ClFNO3S. The Labute approximate surface area is 111 Å². The van der Waals surface area contributed by atoms with Crippen LogP contribution in [0.2, 0.25) is 0 Å². The van der Waals surface area contributed by atoms with Crippen molar-refractivity contribution in [1.82, 2.24) is 4.72 Å². The average Bonchev–Trinajstić information content (AvgIpc) is 2.27. The third-order valence-electron chi connectivity index (χ3n) is 2.30. The number of ether oxygens (including phenoxy) is 1. The van der Waals surface area contributed by atoms with Crippen LogP contribution in [0.3, 0.4) is 0 Å². The molecule has 1 aromatic rings. The van der Waals surface area contributed by atoms with Crippen molar-refractivity contribution < 1.29 is 17.5 Å². The van der Waals surface area contributed by atoms with Crippen molar-refractivity contribution in [2.75, 3.05) is 19.6 Å². The van der Waals surface area contributed by atoms with Crippen molar-refractivity contribution >= 4 is 21.6 Å². The summed E-state index contributed by atoms with van der Waals surface area (Å²) >= 11 is 5.64. The lowest BCUT2D eigenvalue weighted by Crippen LogP contribution is -2.39. The van der Waals surface area contributed by atoms with Crippen LogP contribution in [0.15, 0.2) is 23.1 Å². The van der Waals surface area contributed by atoms with E-state index in [1.54, 1.807) is 0 Å². The highest BCUT2D eigenvalue weighted by Gasteiger charge is 2.21. The minimum atomic E-state index is -3.72. The fraction of sp³-hybridized carbons (Fsp3) is 0.455. The molecule has 0 aliphatic heterocycles. The summed E-state index contributed by atoms with van der Waals surface area (Å²) in [4.78, 5) is 0.0371. The number of hydrogen-bond acceptors (Lipinski definition) is 3. The van der Waals surface area contributed by atoms with Gasteiger partial charge in [-0.25, -0.2) is 17.5 Å². The molecule has 0 aromatic heterocycles. The lowest BCUT2D eigenvalue weighted by atomic mass is 10.2. The number of alkyl halides is 1. The van der Waals surface area contributed by atoms with Crippen LogP contribution in [0.25, 0.3) is 0 Å². The van der Waals surface area contributed by atoms with E-state index >= 15 is 0 Å². The Kier molecular flexibility index (Phi) is 5.52. The maximum absolute atomic E-state index is 12.9. The topological polar surface area (TPSA) is 55.4 Å². The fourth-order valence-corrected chi connectivity index (χ4v) is 3.21. The van der Waals surface area contributed by atoms with E-state index in [2.05, 4.69) is 4.72 Å². The van der Waals surface area contributed by atoms with E-state index in [0.717, 1.165) is 6.07 Å². The number of sulfonamides is 1. The Balaban J connectivity index is 2.99. The highest BCUT2D eigenvalue weighted by atomic mass is 35.5. The van der Waals surface area contributed by atoms with Gasteiger partial charge in [0.1, 0.15) is 5.82 Å². The van der Waals surface area contributed by atoms with Crippen LogP contribution in [-0.2, 0) is 14.8 Å². The first kappa shape index (κ1) is 15.4. The van der Waals surface area contributed by atoms with Gasteiger partial charge in [-0.05, 0) is 30.7 Å². The first-order valence-corrected chi connectivity index (χ1v) is 7.26. The summed E-state index contributed by atoms with van der Waals surface area (Å²) in [5.74, 6) is -0.384. The summed E-state index contributed by atoms with van der Waals surface area (Å²) in [6.45, 7) is 1.70. The van der Waals surface area contributed by atoms with Gasteiger partial charge in [0.2, 0.25) is 10.0 Å². The first-order chi connectivity index (χ1) is 8.40. The molecule has 1 aromatic carbocycles. The maximum atomic E-state index is 12.9. The van der Waals surface area contributed by atoms with E-state index in [4.69, 9.17) is 16.3 Å². The van der Waals surface area contributed by atoms with Gasteiger partial charge in [-0.1, -0.05) is 0 Å². The molecular weight excluding hydrogens is 281 g/mol. The number of nitrogens with one attached hydrogen (secondary N) is 1. The molecule has 1 rings (SSSR count). The molecule has 18 heavy (non-hydrogen) atoms. The van der Waals surface area contributed by atoms with Gasteiger partial charge in [-0.15, -0.1) is 11.6 Å². The number of aryl methyl sites for hydroxylation is 1. The minimum absolute atomic E-state index is 0.0371. The molecule has 102 valence electrons. The predicted molar refractivity (Wildman–Crippen MR) is 67.8 cm³/mol. The summed E-state index contributed by atoms with van der Waals surface area (Å²) in [5, 5.41) is 0. The molecule has 0 spiro atoms. The number of methoxy groups -OCH3 is 1. The molecule has 0 saturated carbocycles. The molecule has 0 amide bonds. The van der Waals surface area contributed by atoms with E-state index in [9.17, 15) is 12.8 Å². The zero-order chi connectivity index (χ0) is 13.8. The van der Waals surface area contributed by atoms with Crippen LogP contribution in [0, 0.1) is 12.7 Å². The monoisotopic (exact) mass is 295 g/mol. The summed E-state index contributed by atoms with van der Waals surface area (Å²) < 4.78 is 44.3. The average molecular weight is 296 g/mol. The molecule has 0 aliphatic rings. The molecule has 0 aliphatic carbocycles. The Morgan fingerprint density at radius 1 is 1.50 bits per heavy atom. The van der Waals surface area contributed by atoms with Crippen LogP contribution in [0.5, 0.6) is 0 Å². The summed E-state index contributed by atoms with van der Waals surface area (Å²) in [6.07, 6.45) is 0. The van der Waals surface area contributed by atoms with Crippen LogP contribution >= 0.6 is 11.6 Å². The molecule has 1 unspecified atom stereocenters. The van der Waals surface area contributed by atoms with Gasteiger partial charge in [0.05, 0.1) is 17.5 Å². The van der Waals surface area contributed by atoms with Crippen LogP contribution in [0.1, 0.15) is 5.56 Å². The standard InChI is InChI=1S/C11H15ClFNO3S/c1-8-5-9(13)3-4-11(8)18(15,16)14-10(6-12)7-17-2/h3-5,10,14H,6-7H2,1-2H3. The Morgan fingerprint density at radius 3 is 2.67 bits per heavy atom. The number of hydrogen-bond donors (Lipinski definition) is 1. The third-order valence-corrected chi connectivity index (χ3v) is 4.36. The van der Waals surface area contributed by atoms with Gasteiger partial charge >= 0.3 is 0 Å². The fourth-order valence-electron chi connectivity index (χ4n) is 1.51. The lowest BCUT2D eigenvalue weighted by Gasteiger charge is -2.16. The number of halogens is 2. The molecule has 0 bridgehead atoms. The number of benzene rings is 1. The van der Waals surface area contributed by atoms with Crippen molar-refractivity contribution in [1.29, 1.82) is 0 Å². The highest BCUT2D eigenvalue weighted by Crippen LogP contribution is 2.16. The molecule has 0 heterocycles. The van der Waals surface area contributed by atoms with Crippen molar-refractivity contribution in [2.24, 2.45) is 0 Å². The van der Waals surface area contributed by atoms with E-state index in [1.165, 1.54) is 26.2 Å². The SMILES string of the molecule is COCC(CCl)NS(=O)(=O)c1ccc(F)cc1C. The molecule has 1 N–H and O–H groups in total. The molecule has 0 fully saturated rings. The van der Waals surface area contributed by atoms with Crippen molar-refractivity contribution in [3.8, 4) is 0 Å². The second kappa shape index (κ2) is 6.47. The molecule has 1 atom stereocenters. The van der Waals surface area contributed by atoms with Gasteiger partial charge in [0.25, 0.3) is 0 Å². The number of rotatable bonds is 6. The van der Waals surface area contributed by atoms with Gasteiger partial charge in [0.15, 0.2) is 0 Å². The normalized spacial score (nSPS) is 13.6. The summed E-state index contributed by atoms with van der Waals surface area (Å²) in [7, 11) is -2.27. The zero-order valence-electron chi connectivity index (χ0n) is 10.1. The zero-order valence-corrected chi connectivity index (χ0v) is 11.7. The quantitative estimate of drug-likeness (QED) is 0.812. The Morgan fingerprint density at radius 2 is 2.17 bits per heavy atom. The van der Waals surface area contributed by atoms with E-state index in [0.29, 0.717) is 5.56 Å². The van der Waals surface area contributed by atoms with Gasteiger partial charge in [-0.2, -0.15) is 0 Å². The maximum Gasteiger partial charge on any atom is 0.241 e. The van der Waals surface area contributed by atoms with Crippen molar-refractivity contribution in [3.63, 3.8) is 0 Å². The lowest BCUT2D eigenvalue weighted by molar-refractivity contribution is 0.181. The first-order valence-electron chi connectivity index (χ1n) is 5.24. The van der Waals surface area contributed by atoms with Gasteiger partial charge in [0, 0.05) is 13.0 Å². The smallest absolute Gasteiger partial charge is 0.241 e. The molecule has 4 nitrogen and oxygen atoms in total. The van der Waals surface area contributed by atoms with Gasteiger partial charge in [-0.3, -0.25) is 0 Å². The van der Waals surface area contributed by atoms with Crippen molar-refractivity contribution in [2.45, 2.75) is 17.9 Å². The summed E-state index contributed by atoms with van der Waals surface area (Å²) in [6, 6.07) is 2.98. The molecule has 0 saturated heterocycles. The van der Waals surface area contributed by atoms with Crippen LogP contribution < -0.4 is 4.72 Å². The Bertz CT molecular complexity index is 507. The second-order valence-corrected chi connectivity index (χ2v) is 5.83. The van der Waals surface area contributed by atoms with Gasteiger partial charge < -0.3 is 4.74 Å².